The molecule has 0 aromatic carbocycles. The van der Waals surface area contributed by atoms with Crippen molar-refractivity contribution in [2.45, 2.75) is 5.03 Å². The van der Waals surface area contributed by atoms with Gasteiger partial charge in [-0.1, -0.05) is 24.3 Å². The van der Waals surface area contributed by atoms with Gasteiger partial charge in [-0.05, 0) is 24.3 Å². The highest BCUT2D eigenvalue weighted by Crippen LogP contribution is 2.11. The molecule has 86 valence electrons. The molecule has 0 radical (unpaired) electrons. The molecule has 1 aromatic rings. The Morgan fingerprint density at radius 3 is 2.59 bits per heavy atom. The first kappa shape index (κ1) is 11.5. The predicted molar refractivity (Wildman–Crippen MR) is 66.3 cm³/mol. The lowest BCUT2D eigenvalue weighted by atomic mass is 10.4. The van der Waals surface area contributed by atoms with E-state index in [0.717, 1.165) is 0 Å². The smallest absolute Gasteiger partial charge is 0.241 e. The van der Waals surface area contributed by atoms with Gasteiger partial charge in [-0.15, -0.1) is 0 Å². The minimum absolute atomic E-state index is 0.00125. The van der Waals surface area contributed by atoms with Crippen molar-refractivity contribution in [1.29, 1.82) is 0 Å². The van der Waals surface area contributed by atoms with Crippen LogP contribution in [0, 0.1) is 0 Å². The van der Waals surface area contributed by atoms with Crippen LogP contribution in [0.3, 0.4) is 0 Å². The summed E-state index contributed by atoms with van der Waals surface area (Å²) in [4.78, 5) is 7.74. The highest BCUT2D eigenvalue weighted by molar-refractivity contribution is 8.06. The van der Waals surface area contributed by atoms with Crippen LogP contribution < -0.4 is 0 Å². The molecule has 1 aliphatic rings. The van der Waals surface area contributed by atoms with E-state index in [1.807, 2.05) is 0 Å². The average molecular weight is 246 g/mol. The van der Waals surface area contributed by atoms with Crippen molar-refractivity contribution >= 4 is 14.9 Å². The Hall–Kier alpha value is -2.01. The van der Waals surface area contributed by atoms with Crippen LogP contribution in [0.25, 0.3) is 0 Å². The van der Waals surface area contributed by atoms with Gasteiger partial charge in [0.2, 0.25) is 9.84 Å². The summed E-state index contributed by atoms with van der Waals surface area (Å²) >= 11 is 0. The summed E-state index contributed by atoms with van der Waals surface area (Å²) in [5.41, 5.74) is 0. The Balaban J connectivity index is 2.47. The average Bonchev–Trinajstić information content (AvgIpc) is 2.29. The Morgan fingerprint density at radius 1 is 1.00 bits per heavy atom. The third-order valence-electron chi connectivity index (χ3n) is 2.05. The van der Waals surface area contributed by atoms with E-state index in [0.29, 0.717) is 0 Å². The molecule has 0 N–H and O–H groups in total. The van der Waals surface area contributed by atoms with Gasteiger partial charge in [-0.2, -0.15) is 0 Å². The van der Waals surface area contributed by atoms with E-state index in [2.05, 4.69) is 9.98 Å². The summed E-state index contributed by atoms with van der Waals surface area (Å²) in [6, 6.07) is 4.74. The van der Waals surface area contributed by atoms with E-state index in [1.165, 1.54) is 24.5 Å². The lowest BCUT2D eigenvalue weighted by molar-refractivity contribution is 0.604. The summed E-state index contributed by atoms with van der Waals surface area (Å²) in [5.74, 6) is 0. The van der Waals surface area contributed by atoms with E-state index < -0.39 is 9.84 Å². The first-order valence-corrected chi connectivity index (χ1v) is 6.43. The van der Waals surface area contributed by atoms with Crippen molar-refractivity contribution in [3.63, 3.8) is 0 Å². The van der Waals surface area contributed by atoms with Gasteiger partial charge in [0.1, 0.15) is 0 Å². The third kappa shape index (κ3) is 2.57. The van der Waals surface area contributed by atoms with Crippen LogP contribution in [0.1, 0.15) is 0 Å². The number of allylic oxidation sites excluding steroid dienone is 4. The molecule has 0 fully saturated rings. The molecule has 0 atom stereocenters. The van der Waals surface area contributed by atoms with Gasteiger partial charge in [0, 0.05) is 12.4 Å². The maximum absolute atomic E-state index is 12.1. The maximum atomic E-state index is 12.1. The van der Waals surface area contributed by atoms with Crippen LogP contribution >= 0.6 is 0 Å². The van der Waals surface area contributed by atoms with Gasteiger partial charge in [0.15, 0.2) is 10.1 Å². The fourth-order valence-electron chi connectivity index (χ4n) is 1.25. The summed E-state index contributed by atoms with van der Waals surface area (Å²) in [7, 11) is -3.63. The van der Waals surface area contributed by atoms with Gasteiger partial charge >= 0.3 is 0 Å². The van der Waals surface area contributed by atoms with Crippen LogP contribution in [0.4, 0.5) is 0 Å². The molecule has 0 spiro atoms. The van der Waals surface area contributed by atoms with E-state index in [-0.39, 0.29) is 10.1 Å². The lowest BCUT2D eigenvalue weighted by Crippen LogP contribution is -2.14. The second kappa shape index (κ2) is 4.88. The molecular weight excluding hydrogens is 236 g/mol. The van der Waals surface area contributed by atoms with Crippen molar-refractivity contribution in [1.82, 2.24) is 4.98 Å². The molecule has 4 nitrogen and oxygen atoms in total. The van der Waals surface area contributed by atoms with Crippen molar-refractivity contribution in [3.05, 3.63) is 61.0 Å². The summed E-state index contributed by atoms with van der Waals surface area (Å²) in [6.07, 6.45) is 11.1. The number of sulfone groups is 1. The van der Waals surface area contributed by atoms with E-state index >= 15 is 0 Å². The number of aliphatic imine (C=N–C) groups is 1. The van der Waals surface area contributed by atoms with Crippen LogP contribution in [-0.4, -0.2) is 18.4 Å². The van der Waals surface area contributed by atoms with Crippen LogP contribution in [-0.2, 0) is 9.84 Å². The molecule has 0 amide bonds. The summed E-state index contributed by atoms with van der Waals surface area (Å²) < 4.78 is 24.3. The van der Waals surface area contributed by atoms with E-state index in [1.54, 1.807) is 36.4 Å². The molecule has 17 heavy (non-hydrogen) atoms. The molecule has 1 aliphatic heterocycles. The predicted octanol–water partition coefficient (Wildman–Crippen LogP) is 1.89. The largest absolute Gasteiger partial charge is 0.244 e. The normalized spacial score (nSPS) is 18.9. The first-order chi connectivity index (χ1) is 8.21. The fraction of sp³-hybridized carbons (Fsp3) is 0. The van der Waals surface area contributed by atoms with Crippen LogP contribution in [0.5, 0.6) is 0 Å². The Labute approximate surface area is 99.7 Å². The first-order valence-electron chi connectivity index (χ1n) is 4.95. The monoisotopic (exact) mass is 246 g/mol. The fourth-order valence-corrected chi connectivity index (χ4v) is 2.38. The third-order valence-corrected chi connectivity index (χ3v) is 3.63. The van der Waals surface area contributed by atoms with Gasteiger partial charge in [0.25, 0.3) is 0 Å². The number of aromatic nitrogens is 1. The highest BCUT2D eigenvalue weighted by atomic mass is 32.2. The molecule has 0 aliphatic carbocycles. The number of hydrogen-bond acceptors (Lipinski definition) is 4. The van der Waals surface area contributed by atoms with Crippen LogP contribution in [0.15, 0.2) is 71.0 Å². The van der Waals surface area contributed by atoms with Gasteiger partial charge in [-0.25, -0.2) is 18.4 Å². The quantitative estimate of drug-likeness (QED) is 0.760. The second-order valence-corrected chi connectivity index (χ2v) is 5.07. The molecule has 0 unspecified atom stereocenters. The maximum Gasteiger partial charge on any atom is 0.241 e. The highest BCUT2D eigenvalue weighted by Gasteiger charge is 2.21. The van der Waals surface area contributed by atoms with E-state index in [9.17, 15) is 8.42 Å². The van der Waals surface area contributed by atoms with Crippen molar-refractivity contribution in [3.8, 4) is 0 Å². The Kier molecular flexibility index (Phi) is 3.30. The molecule has 0 bridgehead atoms. The zero-order chi connectivity index (χ0) is 12.1. The molecule has 5 heteroatoms. The van der Waals surface area contributed by atoms with E-state index in [4.69, 9.17) is 0 Å². The van der Waals surface area contributed by atoms with Crippen molar-refractivity contribution in [2.75, 3.05) is 0 Å². The van der Waals surface area contributed by atoms with Crippen molar-refractivity contribution in [2.24, 2.45) is 4.99 Å². The number of hydrogen-bond donors (Lipinski definition) is 0. The minimum atomic E-state index is -3.63. The lowest BCUT2D eigenvalue weighted by Gasteiger charge is -2.02. The standard InChI is InChI=1S/C12H10N2O2S/c15-17(16,12-8-4-6-10-14-12)11-7-3-1-2-5-9-13-11/h1-10H/b2-1-,3-1?,5-2?,7-3?,9-5-,11-7?,13-9?,13-11?. The SMILES string of the molecule is O=S(=O)(C1=N/C=C\C=C/C=C1)c1ccccn1. The molecule has 2 heterocycles. The molecule has 0 saturated carbocycles. The molecule has 2 rings (SSSR count). The Bertz CT molecular complexity index is 611. The van der Waals surface area contributed by atoms with Gasteiger partial charge in [-0.3, -0.25) is 0 Å². The van der Waals surface area contributed by atoms with Crippen molar-refractivity contribution < 1.29 is 8.42 Å². The topological polar surface area (TPSA) is 59.4 Å². The number of nitrogens with zero attached hydrogens (tertiary/aromatic N) is 2. The summed E-state index contributed by atoms with van der Waals surface area (Å²) in [6.45, 7) is 0. The summed E-state index contributed by atoms with van der Waals surface area (Å²) in [5, 5.41) is -0.0156. The number of rotatable bonds is 1. The zero-order valence-electron chi connectivity index (χ0n) is 8.89. The second-order valence-electron chi connectivity index (χ2n) is 3.22. The molecule has 0 saturated heterocycles. The number of pyridine rings is 1. The molecular formula is C12H10N2O2S. The molecule has 1 aromatic heterocycles. The van der Waals surface area contributed by atoms with Crippen LogP contribution in [0.2, 0.25) is 0 Å². The Morgan fingerprint density at radius 2 is 1.82 bits per heavy atom. The van der Waals surface area contributed by atoms with Gasteiger partial charge < -0.3 is 0 Å². The minimum Gasteiger partial charge on any atom is -0.244 e. The van der Waals surface area contributed by atoms with Gasteiger partial charge in [0.05, 0.1) is 0 Å². The zero-order valence-corrected chi connectivity index (χ0v) is 9.71.